The number of pyridine rings is 1. The van der Waals surface area contributed by atoms with E-state index in [0.29, 0.717) is 0 Å². The van der Waals surface area contributed by atoms with Gasteiger partial charge in [0.25, 0.3) is 0 Å². The lowest BCUT2D eigenvalue weighted by atomic mass is 9.29. The average molecular weight is 377 g/mol. The maximum atomic E-state index is 2.53. The van der Waals surface area contributed by atoms with Crippen LogP contribution < -0.4 is 14.0 Å². The van der Waals surface area contributed by atoms with E-state index in [1.807, 2.05) is 34.0 Å². The Bertz CT molecular complexity index is 1010. The summed E-state index contributed by atoms with van der Waals surface area (Å²) in [6.45, 7) is 2.28. The van der Waals surface area contributed by atoms with Crippen LogP contribution in [-0.2, 0) is 0 Å². The van der Waals surface area contributed by atoms with E-state index in [4.69, 9.17) is 0 Å². The minimum absolute atomic E-state index is 1.16. The van der Waals surface area contributed by atoms with Crippen LogP contribution in [0.5, 0.6) is 0 Å². The first-order valence-electron chi connectivity index (χ1n) is 8.33. The van der Waals surface area contributed by atoms with Gasteiger partial charge in [-0.2, -0.15) is 22.7 Å². The maximum absolute atomic E-state index is 2.53. The van der Waals surface area contributed by atoms with Gasteiger partial charge in [0.15, 0.2) is 5.69 Å². The Morgan fingerprint density at radius 1 is 0.760 bits per heavy atom. The fraction of sp³-hybridized carbons (Fsp3) is 0.0500. The number of nitrogens with zero attached hydrogens (tertiary/aromatic N) is 1. The van der Waals surface area contributed by atoms with E-state index in [0.717, 1.165) is 0 Å². The van der Waals surface area contributed by atoms with Crippen molar-refractivity contribution in [3.8, 4) is 0 Å². The highest BCUT2D eigenvalue weighted by molar-refractivity contribution is 7.39. The standard InChI is InChI=1S/C20H16BNS3/c1-15-16-7-2-3-11-22(16)21(18-9-5-13-24-18,19-10-6-14-25-19)20(15)17-8-4-12-23-17/h2-14H,1H3. The van der Waals surface area contributed by atoms with Gasteiger partial charge in [0.1, 0.15) is 6.20 Å². The molecular weight excluding hydrogens is 361 g/mol. The van der Waals surface area contributed by atoms with Crippen molar-refractivity contribution in [2.24, 2.45) is 0 Å². The normalized spacial score (nSPS) is 15.6. The molecule has 1 nitrogen and oxygen atoms in total. The molecular formula is C20H16BNS3. The lowest BCUT2D eigenvalue weighted by Gasteiger charge is -2.32. The Balaban J connectivity index is 1.96. The summed E-state index contributed by atoms with van der Waals surface area (Å²) in [4.78, 5) is 1.38. The van der Waals surface area contributed by atoms with Crippen LogP contribution in [-0.4, -0.2) is 6.28 Å². The Morgan fingerprint density at radius 3 is 2.04 bits per heavy atom. The van der Waals surface area contributed by atoms with E-state index >= 15 is 0 Å². The second-order valence-electron chi connectivity index (χ2n) is 6.36. The molecule has 0 saturated carbocycles. The molecule has 5 heteroatoms. The molecule has 0 amide bonds. The molecule has 0 N–H and O–H groups in total. The van der Waals surface area contributed by atoms with Crippen molar-refractivity contribution in [3.05, 3.63) is 87.5 Å². The molecule has 4 aromatic heterocycles. The number of allylic oxidation sites excluding steroid dienone is 1. The highest BCUT2D eigenvalue weighted by Gasteiger charge is 2.52. The molecule has 122 valence electrons. The van der Waals surface area contributed by atoms with Gasteiger partial charge in [-0.1, -0.05) is 51.4 Å². The van der Waals surface area contributed by atoms with Crippen LogP contribution in [0.3, 0.4) is 0 Å². The Labute approximate surface area is 159 Å². The van der Waals surface area contributed by atoms with Crippen LogP contribution in [0.2, 0.25) is 0 Å². The summed E-state index contributed by atoms with van der Waals surface area (Å²) < 4.78 is 5.39. The van der Waals surface area contributed by atoms with Gasteiger partial charge in [-0.15, -0.1) is 11.3 Å². The van der Waals surface area contributed by atoms with Crippen molar-refractivity contribution in [2.75, 3.05) is 0 Å². The topological polar surface area (TPSA) is 3.88 Å². The van der Waals surface area contributed by atoms with Gasteiger partial charge in [-0.05, 0) is 45.6 Å². The minimum atomic E-state index is -1.16. The van der Waals surface area contributed by atoms with E-state index in [9.17, 15) is 0 Å². The summed E-state index contributed by atoms with van der Waals surface area (Å²) in [5.41, 5.74) is 4.20. The van der Waals surface area contributed by atoms with Crippen LogP contribution in [0, 0.1) is 0 Å². The molecule has 0 bridgehead atoms. The lowest BCUT2D eigenvalue weighted by molar-refractivity contribution is -0.539. The van der Waals surface area contributed by atoms with Crippen molar-refractivity contribution in [1.82, 2.24) is 0 Å². The highest BCUT2D eigenvalue weighted by atomic mass is 32.1. The molecule has 0 aromatic carbocycles. The largest absolute Gasteiger partial charge is 0.407 e. The third-order valence-corrected chi connectivity index (χ3v) is 8.20. The van der Waals surface area contributed by atoms with E-state index in [2.05, 4.69) is 88.3 Å². The first-order chi connectivity index (χ1) is 12.3. The predicted octanol–water partition coefficient (Wildman–Crippen LogP) is 4.25. The molecule has 0 fully saturated rings. The SMILES string of the molecule is CC1=C(c2cccs2)[B-](c2cccs2)(c2cccs2)[n+]2ccccc21. The summed E-state index contributed by atoms with van der Waals surface area (Å²) in [6, 6.07) is 20.0. The van der Waals surface area contributed by atoms with Gasteiger partial charge in [0.2, 0.25) is 0 Å². The zero-order valence-electron chi connectivity index (χ0n) is 13.8. The van der Waals surface area contributed by atoms with E-state index < -0.39 is 6.28 Å². The maximum Gasteiger partial charge on any atom is 0.380 e. The number of thiophene rings is 3. The number of hydrogen-bond acceptors (Lipinski definition) is 3. The third kappa shape index (κ3) is 2.03. The molecule has 0 aliphatic carbocycles. The van der Waals surface area contributed by atoms with E-state index in [1.165, 1.54) is 31.2 Å². The molecule has 5 heterocycles. The number of fused-ring (bicyclic) bond motifs is 1. The summed E-state index contributed by atoms with van der Waals surface area (Å²) >= 11 is 5.58. The average Bonchev–Trinajstić information content (AvgIpc) is 3.42. The molecule has 0 saturated heterocycles. The molecule has 0 spiro atoms. The predicted molar refractivity (Wildman–Crippen MR) is 113 cm³/mol. The summed E-state index contributed by atoms with van der Waals surface area (Å²) in [6.07, 6.45) is 1.10. The third-order valence-electron chi connectivity index (χ3n) is 5.21. The van der Waals surface area contributed by atoms with Gasteiger partial charge < -0.3 is 4.48 Å². The first-order valence-corrected chi connectivity index (χ1v) is 11.0. The molecule has 4 aromatic rings. The van der Waals surface area contributed by atoms with Crippen molar-refractivity contribution in [2.45, 2.75) is 6.92 Å². The fourth-order valence-corrected chi connectivity index (χ4v) is 7.32. The summed E-state index contributed by atoms with van der Waals surface area (Å²) in [5.74, 6) is 0. The van der Waals surface area contributed by atoms with Gasteiger partial charge >= 0.3 is 6.28 Å². The van der Waals surface area contributed by atoms with Crippen LogP contribution in [0.25, 0.3) is 11.0 Å². The second-order valence-corrected chi connectivity index (χ2v) is 9.27. The molecule has 0 atom stereocenters. The van der Waals surface area contributed by atoms with Gasteiger partial charge in [-0.3, -0.25) is 0 Å². The lowest BCUT2D eigenvalue weighted by Crippen LogP contribution is -2.76. The summed E-state index contributed by atoms with van der Waals surface area (Å²) in [5, 5.41) is 6.59. The van der Waals surface area contributed by atoms with Crippen molar-refractivity contribution >= 4 is 60.9 Å². The number of aromatic nitrogens is 1. The molecule has 0 unspecified atom stereocenters. The van der Waals surface area contributed by atoms with Crippen LogP contribution in [0.15, 0.2) is 76.9 Å². The van der Waals surface area contributed by atoms with Gasteiger partial charge in [0.05, 0.1) is 0 Å². The van der Waals surface area contributed by atoms with Gasteiger partial charge in [0, 0.05) is 6.07 Å². The second kappa shape index (κ2) is 5.80. The Morgan fingerprint density at radius 2 is 1.44 bits per heavy atom. The Kier molecular flexibility index (Phi) is 3.55. The number of hydrogen-bond donors (Lipinski definition) is 0. The molecule has 1 aliphatic heterocycles. The molecule has 0 radical (unpaired) electrons. The first kappa shape index (κ1) is 15.3. The molecule has 5 rings (SSSR count). The van der Waals surface area contributed by atoms with Gasteiger partial charge in [-0.25, -0.2) is 0 Å². The van der Waals surface area contributed by atoms with E-state index in [-0.39, 0.29) is 0 Å². The Hall–Kier alpha value is -1.95. The van der Waals surface area contributed by atoms with Crippen LogP contribution in [0.1, 0.15) is 17.5 Å². The van der Waals surface area contributed by atoms with Crippen molar-refractivity contribution in [3.63, 3.8) is 0 Å². The van der Waals surface area contributed by atoms with Crippen LogP contribution >= 0.6 is 34.0 Å². The molecule has 1 aliphatic rings. The fourth-order valence-electron chi connectivity index (χ4n) is 4.28. The number of rotatable bonds is 3. The molecule has 25 heavy (non-hydrogen) atoms. The van der Waals surface area contributed by atoms with Crippen LogP contribution in [0.4, 0.5) is 0 Å². The quantitative estimate of drug-likeness (QED) is 0.470. The monoisotopic (exact) mass is 377 g/mol. The minimum Gasteiger partial charge on any atom is -0.407 e. The zero-order valence-corrected chi connectivity index (χ0v) is 16.2. The summed E-state index contributed by atoms with van der Waals surface area (Å²) in [7, 11) is 0. The zero-order chi connectivity index (χ0) is 16.9. The van der Waals surface area contributed by atoms with Crippen molar-refractivity contribution in [1.29, 1.82) is 0 Å². The smallest absolute Gasteiger partial charge is 0.380 e. The highest BCUT2D eigenvalue weighted by Crippen LogP contribution is 2.39. The van der Waals surface area contributed by atoms with Crippen molar-refractivity contribution < 1.29 is 4.48 Å². The van der Waals surface area contributed by atoms with E-state index in [1.54, 1.807) is 0 Å².